The highest BCUT2D eigenvalue weighted by molar-refractivity contribution is 5.91. The summed E-state index contributed by atoms with van der Waals surface area (Å²) in [7, 11) is 0. The van der Waals surface area contributed by atoms with Crippen LogP contribution in [0.3, 0.4) is 0 Å². The van der Waals surface area contributed by atoms with Gasteiger partial charge >= 0.3 is 0 Å². The molecule has 1 aliphatic heterocycles. The predicted molar refractivity (Wildman–Crippen MR) is 90.9 cm³/mol. The van der Waals surface area contributed by atoms with E-state index in [2.05, 4.69) is 30.3 Å². The zero-order valence-corrected chi connectivity index (χ0v) is 14.1. The first-order valence-corrected chi connectivity index (χ1v) is 8.11. The molecule has 0 radical (unpaired) electrons. The van der Waals surface area contributed by atoms with Crippen LogP contribution in [0.2, 0.25) is 0 Å². The third kappa shape index (κ3) is 2.69. The van der Waals surface area contributed by atoms with E-state index in [4.69, 9.17) is 4.52 Å². The summed E-state index contributed by atoms with van der Waals surface area (Å²) in [5.74, 6) is 0.870. The van der Waals surface area contributed by atoms with Gasteiger partial charge in [-0.05, 0) is 25.5 Å². The Balaban J connectivity index is 1.73. The van der Waals surface area contributed by atoms with E-state index in [0.29, 0.717) is 24.7 Å². The molecule has 0 saturated carbocycles. The molecule has 1 fully saturated rings. The molecule has 1 atom stereocenters. The highest BCUT2D eigenvalue weighted by Gasteiger charge is 2.45. The minimum absolute atomic E-state index is 0.126. The quantitative estimate of drug-likeness (QED) is 0.774. The van der Waals surface area contributed by atoms with E-state index in [1.807, 2.05) is 18.3 Å². The van der Waals surface area contributed by atoms with Gasteiger partial charge in [-0.25, -0.2) is 0 Å². The maximum atomic E-state index is 11.8. The van der Waals surface area contributed by atoms with Gasteiger partial charge < -0.3 is 14.7 Å². The van der Waals surface area contributed by atoms with Gasteiger partial charge in [-0.2, -0.15) is 4.98 Å². The number of hydrogen-bond donors (Lipinski definition) is 1. The zero-order valence-electron chi connectivity index (χ0n) is 14.1. The summed E-state index contributed by atoms with van der Waals surface area (Å²) in [5, 5.41) is 7.89. The van der Waals surface area contributed by atoms with E-state index in [9.17, 15) is 4.79 Å². The van der Waals surface area contributed by atoms with E-state index >= 15 is 0 Å². The average Bonchev–Trinajstić information content (AvgIpc) is 3.21. The molecule has 0 spiro atoms. The first-order valence-electron chi connectivity index (χ1n) is 8.11. The van der Waals surface area contributed by atoms with Gasteiger partial charge in [0.05, 0.1) is 12.1 Å². The van der Waals surface area contributed by atoms with Crippen molar-refractivity contribution >= 4 is 22.5 Å². The molecule has 1 saturated heterocycles. The average molecular weight is 338 g/mol. The lowest BCUT2D eigenvalue weighted by Crippen LogP contribution is -2.47. The molecule has 1 N–H and O–H groups in total. The number of nitrogens with one attached hydrogen (secondary N) is 1. The molecule has 3 aromatic heterocycles. The third-order valence-electron chi connectivity index (χ3n) is 4.48. The predicted octanol–water partition coefficient (Wildman–Crippen LogP) is 1.56. The number of amides is 1. The van der Waals surface area contributed by atoms with E-state index in [-0.39, 0.29) is 5.91 Å². The number of aromatic nitrogens is 4. The van der Waals surface area contributed by atoms with Crippen LogP contribution in [0.1, 0.15) is 25.1 Å². The monoisotopic (exact) mass is 338 g/mol. The number of carbonyl (C=O) groups excluding carboxylic acids is 1. The molecular formula is C17H18N6O2. The molecule has 0 aromatic carbocycles. The molecule has 1 aliphatic rings. The van der Waals surface area contributed by atoms with Gasteiger partial charge in [0.15, 0.2) is 5.82 Å². The summed E-state index contributed by atoms with van der Waals surface area (Å²) >= 11 is 0. The highest BCUT2D eigenvalue weighted by atomic mass is 16.5. The Hall–Kier alpha value is -3.03. The van der Waals surface area contributed by atoms with Gasteiger partial charge in [0.25, 0.3) is 5.89 Å². The van der Waals surface area contributed by atoms with E-state index < -0.39 is 5.54 Å². The highest BCUT2D eigenvalue weighted by Crippen LogP contribution is 2.36. The van der Waals surface area contributed by atoms with Gasteiger partial charge in [0, 0.05) is 43.1 Å². The lowest BCUT2D eigenvalue weighted by atomic mass is 9.98. The van der Waals surface area contributed by atoms with Crippen molar-refractivity contribution in [2.24, 2.45) is 0 Å². The fourth-order valence-electron chi connectivity index (χ4n) is 3.42. The van der Waals surface area contributed by atoms with Crippen LogP contribution in [-0.2, 0) is 10.3 Å². The van der Waals surface area contributed by atoms with Crippen molar-refractivity contribution < 1.29 is 9.32 Å². The topological polar surface area (TPSA) is 97.0 Å². The van der Waals surface area contributed by atoms with E-state index in [1.54, 1.807) is 19.3 Å². The Bertz CT molecular complexity index is 934. The van der Waals surface area contributed by atoms with Crippen molar-refractivity contribution in [3.05, 3.63) is 42.4 Å². The summed E-state index contributed by atoms with van der Waals surface area (Å²) in [5.41, 5.74) is 1.23. The van der Waals surface area contributed by atoms with Gasteiger partial charge in [0.2, 0.25) is 5.91 Å². The second-order valence-electron chi connectivity index (χ2n) is 6.30. The van der Waals surface area contributed by atoms with Crippen molar-refractivity contribution in [1.29, 1.82) is 0 Å². The van der Waals surface area contributed by atoms with Gasteiger partial charge in [-0.15, -0.1) is 0 Å². The Kier molecular flexibility index (Phi) is 3.60. The Morgan fingerprint density at radius 3 is 3.00 bits per heavy atom. The lowest BCUT2D eigenvalue weighted by molar-refractivity contribution is -0.121. The second kappa shape index (κ2) is 5.80. The van der Waals surface area contributed by atoms with Crippen LogP contribution < -0.4 is 10.2 Å². The number of hydrogen-bond acceptors (Lipinski definition) is 7. The maximum absolute atomic E-state index is 11.8. The van der Waals surface area contributed by atoms with Gasteiger partial charge in [0.1, 0.15) is 5.54 Å². The summed E-state index contributed by atoms with van der Waals surface area (Å²) in [6.07, 6.45) is 6.00. The van der Waals surface area contributed by atoms with Gasteiger partial charge in [-0.1, -0.05) is 5.16 Å². The second-order valence-corrected chi connectivity index (χ2v) is 6.30. The fraction of sp³-hybridized carbons (Fsp3) is 0.353. The molecule has 25 heavy (non-hydrogen) atoms. The summed E-state index contributed by atoms with van der Waals surface area (Å²) < 4.78 is 5.40. The molecule has 1 unspecified atom stereocenters. The molecule has 1 amide bonds. The SMILES string of the molecule is CC(=O)NC1(c2nc(C)no2)CCN(c2ccnc3ccncc23)C1. The van der Waals surface area contributed by atoms with Crippen LogP contribution in [0.4, 0.5) is 5.69 Å². The molecule has 8 nitrogen and oxygen atoms in total. The lowest BCUT2D eigenvalue weighted by Gasteiger charge is -2.27. The first-order chi connectivity index (χ1) is 12.1. The maximum Gasteiger partial charge on any atom is 0.254 e. The van der Waals surface area contributed by atoms with Crippen LogP contribution in [0.25, 0.3) is 10.9 Å². The number of anilines is 1. The normalized spacial score (nSPS) is 20.2. The van der Waals surface area contributed by atoms with Crippen molar-refractivity contribution in [2.45, 2.75) is 25.8 Å². The number of pyridine rings is 2. The summed E-state index contributed by atoms with van der Waals surface area (Å²) in [4.78, 5) is 27.0. The van der Waals surface area contributed by atoms with Crippen molar-refractivity contribution in [3.8, 4) is 0 Å². The Labute approximate surface area is 144 Å². The minimum Gasteiger partial charge on any atom is -0.368 e. The number of carbonyl (C=O) groups is 1. The summed E-state index contributed by atoms with van der Waals surface area (Å²) in [6, 6.07) is 3.85. The first kappa shape index (κ1) is 15.5. The zero-order chi connectivity index (χ0) is 17.4. The fourth-order valence-corrected chi connectivity index (χ4v) is 3.42. The molecule has 0 bridgehead atoms. The van der Waals surface area contributed by atoms with E-state index in [0.717, 1.165) is 23.1 Å². The number of nitrogens with zero attached hydrogens (tertiary/aromatic N) is 5. The van der Waals surface area contributed by atoms with Crippen LogP contribution >= 0.6 is 0 Å². The van der Waals surface area contributed by atoms with Crippen LogP contribution in [0.15, 0.2) is 35.2 Å². The van der Waals surface area contributed by atoms with Crippen molar-refractivity contribution in [1.82, 2.24) is 25.4 Å². The molecule has 8 heteroatoms. The molecule has 4 heterocycles. The minimum atomic E-state index is -0.690. The third-order valence-corrected chi connectivity index (χ3v) is 4.48. The number of rotatable bonds is 3. The molecule has 3 aromatic rings. The smallest absolute Gasteiger partial charge is 0.254 e. The molecular weight excluding hydrogens is 320 g/mol. The number of aryl methyl sites for hydroxylation is 1. The number of fused-ring (bicyclic) bond motifs is 1. The van der Waals surface area contributed by atoms with E-state index in [1.165, 1.54) is 6.92 Å². The van der Waals surface area contributed by atoms with Crippen LogP contribution in [0.5, 0.6) is 0 Å². The largest absolute Gasteiger partial charge is 0.368 e. The summed E-state index contributed by atoms with van der Waals surface area (Å²) in [6.45, 7) is 4.56. The Morgan fingerprint density at radius 2 is 2.24 bits per heavy atom. The van der Waals surface area contributed by atoms with Crippen LogP contribution in [-0.4, -0.2) is 39.1 Å². The molecule has 128 valence electrons. The standard InChI is InChI=1S/C17H18N6O2/c1-11-20-16(25-22-11)17(21-12(2)24)5-8-23(10-17)15-4-7-19-14-3-6-18-9-13(14)15/h3-4,6-7,9H,5,8,10H2,1-2H3,(H,21,24). The molecule has 4 rings (SSSR count). The Morgan fingerprint density at radius 1 is 1.36 bits per heavy atom. The van der Waals surface area contributed by atoms with Crippen molar-refractivity contribution in [3.63, 3.8) is 0 Å². The molecule has 0 aliphatic carbocycles. The van der Waals surface area contributed by atoms with Crippen LogP contribution in [0, 0.1) is 6.92 Å². The van der Waals surface area contributed by atoms with Crippen molar-refractivity contribution in [2.75, 3.05) is 18.0 Å². The van der Waals surface area contributed by atoms with Gasteiger partial charge in [-0.3, -0.25) is 14.8 Å².